The van der Waals surface area contributed by atoms with Crippen molar-refractivity contribution in [2.75, 3.05) is 4.90 Å². The molecular formula is C27H21NS. The molecule has 1 nitrogen and oxygen atoms in total. The monoisotopic (exact) mass is 391 g/mol. The van der Waals surface area contributed by atoms with Crippen LogP contribution in [-0.4, -0.2) is 0 Å². The van der Waals surface area contributed by atoms with Crippen molar-refractivity contribution in [3.8, 4) is 11.1 Å². The highest BCUT2D eigenvalue weighted by Gasteiger charge is 2.40. The summed E-state index contributed by atoms with van der Waals surface area (Å²) in [5, 5.41) is 0. The van der Waals surface area contributed by atoms with Crippen LogP contribution in [-0.2, 0) is 5.41 Å². The quantitative estimate of drug-likeness (QED) is 0.285. The Bertz CT molecular complexity index is 1260. The molecule has 0 aromatic heterocycles. The molecule has 4 aromatic rings. The van der Waals surface area contributed by atoms with Crippen LogP contribution in [0.2, 0.25) is 0 Å². The van der Waals surface area contributed by atoms with Gasteiger partial charge in [-0.1, -0.05) is 86.3 Å². The maximum Gasteiger partial charge on any atom is 0.0605 e. The molecule has 0 amide bonds. The summed E-state index contributed by atoms with van der Waals surface area (Å²) in [6.07, 6.45) is 0. The molecule has 0 atom stereocenters. The fourth-order valence-corrected chi connectivity index (χ4v) is 6.28. The summed E-state index contributed by atoms with van der Waals surface area (Å²) in [4.78, 5) is 5.11. The first-order valence-electron chi connectivity index (χ1n) is 10.1. The molecule has 0 bridgehead atoms. The minimum atomic E-state index is -0.0150. The maximum atomic E-state index is 2.42. The predicted octanol–water partition coefficient (Wildman–Crippen LogP) is 7.93. The van der Waals surface area contributed by atoms with Crippen molar-refractivity contribution in [1.82, 2.24) is 0 Å². The molecule has 0 radical (unpaired) electrons. The van der Waals surface area contributed by atoms with Gasteiger partial charge in [0.1, 0.15) is 0 Å². The number of nitrogens with zero attached hydrogens (tertiary/aromatic N) is 1. The SMILES string of the molecule is CC1(C)c2ccccc2-c2ccc3c(c21)Sc1ccccc1N3c1ccccc1. The van der Waals surface area contributed by atoms with Crippen LogP contribution in [0.4, 0.5) is 17.1 Å². The van der Waals surface area contributed by atoms with Crippen LogP contribution in [0.5, 0.6) is 0 Å². The highest BCUT2D eigenvalue weighted by Crippen LogP contribution is 2.59. The summed E-state index contributed by atoms with van der Waals surface area (Å²) in [5.41, 5.74) is 9.36. The highest BCUT2D eigenvalue weighted by atomic mass is 32.2. The number of rotatable bonds is 1. The molecular weight excluding hydrogens is 370 g/mol. The van der Waals surface area contributed by atoms with Crippen LogP contribution in [0.15, 0.2) is 101 Å². The second-order valence-corrected chi connectivity index (χ2v) is 9.30. The van der Waals surface area contributed by atoms with Crippen molar-refractivity contribution in [3.05, 3.63) is 102 Å². The number of anilines is 3. The third kappa shape index (κ3) is 2.30. The number of fused-ring (bicyclic) bond motifs is 6. The molecule has 2 heteroatoms. The largest absolute Gasteiger partial charge is 0.308 e. The lowest BCUT2D eigenvalue weighted by atomic mass is 9.82. The zero-order valence-electron chi connectivity index (χ0n) is 16.5. The Labute approximate surface area is 176 Å². The molecule has 0 unspecified atom stereocenters. The Morgan fingerprint density at radius 2 is 1.38 bits per heavy atom. The van der Waals surface area contributed by atoms with Crippen molar-refractivity contribution in [3.63, 3.8) is 0 Å². The Hall–Kier alpha value is -2.97. The molecule has 0 saturated heterocycles. The molecule has 2 aliphatic rings. The number of para-hydroxylation sites is 2. The average molecular weight is 392 g/mol. The third-order valence-electron chi connectivity index (χ3n) is 6.23. The molecule has 0 N–H and O–H groups in total. The normalized spacial score (nSPS) is 15.3. The zero-order valence-corrected chi connectivity index (χ0v) is 17.3. The van der Waals surface area contributed by atoms with Gasteiger partial charge in [-0.2, -0.15) is 0 Å². The van der Waals surface area contributed by atoms with Gasteiger partial charge in [-0.3, -0.25) is 0 Å². The van der Waals surface area contributed by atoms with Gasteiger partial charge in [0.2, 0.25) is 0 Å². The van der Waals surface area contributed by atoms with E-state index in [0.29, 0.717) is 0 Å². The van der Waals surface area contributed by atoms with Gasteiger partial charge in [0.25, 0.3) is 0 Å². The van der Waals surface area contributed by atoms with E-state index < -0.39 is 0 Å². The van der Waals surface area contributed by atoms with E-state index in [2.05, 4.69) is 110 Å². The second kappa shape index (κ2) is 6.01. The van der Waals surface area contributed by atoms with E-state index in [4.69, 9.17) is 0 Å². The smallest absolute Gasteiger partial charge is 0.0605 e. The first-order valence-corrected chi connectivity index (χ1v) is 10.9. The molecule has 0 fully saturated rings. The molecule has 4 aromatic carbocycles. The fraction of sp³-hybridized carbons (Fsp3) is 0.111. The summed E-state index contributed by atoms with van der Waals surface area (Å²) in [6, 6.07) is 33.0. The van der Waals surface area contributed by atoms with E-state index in [9.17, 15) is 0 Å². The Morgan fingerprint density at radius 3 is 2.24 bits per heavy atom. The summed E-state index contributed by atoms with van der Waals surface area (Å²) >= 11 is 1.92. The molecule has 0 saturated carbocycles. The van der Waals surface area contributed by atoms with Crippen LogP contribution in [0, 0.1) is 0 Å². The van der Waals surface area contributed by atoms with E-state index >= 15 is 0 Å². The standard InChI is InChI=1S/C27H21NS/c1-27(2)21-13-7-6-12-19(21)20-16-17-23-26(25(20)27)29-24-15-9-8-14-22(24)28(23)18-10-4-3-5-11-18/h3-17H,1-2H3. The van der Waals surface area contributed by atoms with Crippen molar-refractivity contribution in [1.29, 1.82) is 0 Å². The van der Waals surface area contributed by atoms with E-state index in [1.54, 1.807) is 0 Å². The first-order chi connectivity index (χ1) is 14.2. The van der Waals surface area contributed by atoms with Gasteiger partial charge in [-0.15, -0.1) is 0 Å². The molecule has 1 heterocycles. The number of hydrogen-bond donors (Lipinski definition) is 0. The summed E-state index contributed by atoms with van der Waals surface area (Å²) in [7, 11) is 0. The van der Waals surface area contributed by atoms with E-state index in [1.165, 1.54) is 49.1 Å². The maximum absolute atomic E-state index is 2.42. The van der Waals surface area contributed by atoms with Gasteiger partial charge in [0.05, 0.1) is 11.4 Å². The molecule has 140 valence electrons. The molecule has 1 aliphatic heterocycles. The van der Waals surface area contributed by atoms with Crippen LogP contribution < -0.4 is 4.90 Å². The predicted molar refractivity (Wildman–Crippen MR) is 123 cm³/mol. The lowest BCUT2D eigenvalue weighted by molar-refractivity contribution is 0.647. The van der Waals surface area contributed by atoms with Crippen LogP contribution in [0.3, 0.4) is 0 Å². The van der Waals surface area contributed by atoms with E-state index in [1.807, 2.05) is 11.8 Å². The summed E-state index contributed by atoms with van der Waals surface area (Å²) in [6.45, 7) is 4.73. The Kier molecular flexibility index (Phi) is 3.51. The van der Waals surface area contributed by atoms with E-state index in [0.717, 1.165) is 0 Å². The fourth-order valence-electron chi connectivity index (χ4n) is 4.92. The van der Waals surface area contributed by atoms with Gasteiger partial charge in [-0.05, 0) is 52.6 Å². The molecule has 1 aliphatic carbocycles. The topological polar surface area (TPSA) is 3.24 Å². The van der Waals surface area contributed by atoms with E-state index in [-0.39, 0.29) is 5.41 Å². The van der Waals surface area contributed by atoms with Gasteiger partial charge < -0.3 is 4.90 Å². The lowest BCUT2D eigenvalue weighted by Crippen LogP contribution is -2.20. The third-order valence-corrected chi connectivity index (χ3v) is 7.41. The average Bonchev–Trinajstić information content (AvgIpc) is 3.00. The Morgan fingerprint density at radius 1 is 0.655 bits per heavy atom. The minimum absolute atomic E-state index is 0.0150. The summed E-state index contributed by atoms with van der Waals surface area (Å²) < 4.78 is 0. The number of hydrogen-bond acceptors (Lipinski definition) is 2. The van der Waals surface area contributed by atoms with Gasteiger partial charge in [0.15, 0.2) is 0 Å². The second-order valence-electron chi connectivity index (χ2n) is 8.25. The van der Waals surface area contributed by atoms with Crippen molar-refractivity contribution < 1.29 is 0 Å². The number of benzene rings is 4. The first kappa shape index (κ1) is 16.9. The molecule has 0 spiro atoms. The van der Waals surface area contributed by atoms with Crippen molar-refractivity contribution >= 4 is 28.8 Å². The van der Waals surface area contributed by atoms with Gasteiger partial charge >= 0.3 is 0 Å². The van der Waals surface area contributed by atoms with Crippen LogP contribution in [0.1, 0.15) is 25.0 Å². The molecule has 29 heavy (non-hydrogen) atoms. The van der Waals surface area contributed by atoms with Crippen molar-refractivity contribution in [2.24, 2.45) is 0 Å². The van der Waals surface area contributed by atoms with Crippen molar-refractivity contribution in [2.45, 2.75) is 29.1 Å². The van der Waals surface area contributed by atoms with Gasteiger partial charge in [0, 0.05) is 20.9 Å². The highest BCUT2D eigenvalue weighted by molar-refractivity contribution is 7.99. The van der Waals surface area contributed by atoms with Gasteiger partial charge in [-0.25, -0.2) is 0 Å². The lowest BCUT2D eigenvalue weighted by Gasteiger charge is -2.36. The van der Waals surface area contributed by atoms with Crippen LogP contribution >= 0.6 is 11.8 Å². The van der Waals surface area contributed by atoms with Crippen LogP contribution in [0.25, 0.3) is 11.1 Å². The molecule has 6 rings (SSSR count). The summed E-state index contributed by atoms with van der Waals surface area (Å²) in [5.74, 6) is 0. The Balaban J connectivity index is 1.66. The minimum Gasteiger partial charge on any atom is -0.308 e. The zero-order chi connectivity index (χ0) is 19.6.